The van der Waals surface area contributed by atoms with Crippen molar-refractivity contribution in [2.75, 3.05) is 19.7 Å². The first-order valence-corrected chi connectivity index (χ1v) is 7.40. The number of rotatable bonds is 6. The number of nitrogens with one attached hydrogen (secondary N) is 1. The van der Waals surface area contributed by atoms with Gasteiger partial charge in [0.2, 0.25) is 11.8 Å². The smallest absolute Gasteiger partial charge is 0.245 e. The van der Waals surface area contributed by atoms with Crippen LogP contribution in [0.25, 0.3) is 0 Å². The Morgan fingerprint density at radius 3 is 2.89 bits per heavy atom. The molecule has 0 saturated carbocycles. The Morgan fingerprint density at radius 2 is 2.21 bits per heavy atom. The number of hydrogen-bond donors (Lipinski definition) is 1. The molecular weight excluding hydrogens is 244 g/mol. The first kappa shape index (κ1) is 14.3. The summed E-state index contributed by atoms with van der Waals surface area (Å²) in [5.41, 5.74) is 0. The molecule has 2 aliphatic rings. The third-order valence-electron chi connectivity index (χ3n) is 3.83. The summed E-state index contributed by atoms with van der Waals surface area (Å²) in [5.74, 6) is 0.0453. The molecule has 0 aliphatic carbocycles. The molecule has 19 heavy (non-hydrogen) atoms. The lowest BCUT2D eigenvalue weighted by molar-refractivity contribution is -0.144. The van der Waals surface area contributed by atoms with Crippen LogP contribution >= 0.6 is 0 Å². The van der Waals surface area contributed by atoms with Crippen LogP contribution in [-0.4, -0.2) is 48.6 Å². The van der Waals surface area contributed by atoms with E-state index in [4.69, 9.17) is 4.74 Å². The Bertz CT molecular complexity index is 327. The fourth-order valence-electron chi connectivity index (χ4n) is 2.83. The van der Waals surface area contributed by atoms with Crippen LogP contribution in [0.15, 0.2) is 0 Å². The molecule has 0 bridgehead atoms. The standard InChI is InChI=1S/C14H24N2O3/c1-2-5-12-14(18)16(10-13(17)15-12)8-3-6-11-7-4-9-19-11/h11-12H,2-10H2,1H3,(H,15,17). The molecule has 2 saturated heterocycles. The van der Waals surface area contributed by atoms with Crippen LogP contribution in [0.2, 0.25) is 0 Å². The summed E-state index contributed by atoms with van der Waals surface area (Å²) in [6.45, 7) is 3.78. The fourth-order valence-corrected chi connectivity index (χ4v) is 2.83. The van der Waals surface area contributed by atoms with Crippen molar-refractivity contribution in [2.24, 2.45) is 0 Å². The van der Waals surface area contributed by atoms with Crippen molar-refractivity contribution >= 4 is 11.8 Å². The van der Waals surface area contributed by atoms with E-state index in [1.165, 1.54) is 0 Å². The van der Waals surface area contributed by atoms with E-state index in [0.717, 1.165) is 45.1 Å². The van der Waals surface area contributed by atoms with Crippen molar-refractivity contribution < 1.29 is 14.3 Å². The summed E-state index contributed by atoms with van der Waals surface area (Å²) >= 11 is 0. The van der Waals surface area contributed by atoms with Crippen LogP contribution in [0.5, 0.6) is 0 Å². The van der Waals surface area contributed by atoms with Gasteiger partial charge in [-0.3, -0.25) is 9.59 Å². The van der Waals surface area contributed by atoms with E-state index in [9.17, 15) is 9.59 Å². The maximum Gasteiger partial charge on any atom is 0.245 e. The molecule has 0 aromatic rings. The minimum absolute atomic E-state index is 0.0323. The number of carbonyl (C=O) groups excluding carboxylic acids is 2. The maximum absolute atomic E-state index is 12.2. The number of hydrogen-bond acceptors (Lipinski definition) is 3. The van der Waals surface area contributed by atoms with E-state index < -0.39 is 0 Å². The Hall–Kier alpha value is -1.10. The summed E-state index contributed by atoms with van der Waals surface area (Å²) in [6, 6.07) is -0.311. The van der Waals surface area contributed by atoms with E-state index in [1.54, 1.807) is 4.90 Å². The number of piperazine rings is 1. The Balaban J connectivity index is 1.77. The number of carbonyl (C=O) groups is 2. The second-order valence-corrected chi connectivity index (χ2v) is 5.45. The average molecular weight is 268 g/mol. The molecule has 5 nitrogen and oxygen atoms in total. The first-order chi connectivity index (χ1) is 9.20. The van der Waals surface area contributed by atoms with E-state index in [0.29, 0.717) is 12.6 Å². The van der Waals surface area contributed by atoms with Gasteiger partial charge in [0.05, 0.1) is 12.6 Å². The van der Waals surface area contributed by atoms with Crippen LogP contribution in [0.1, 0.15) is 45.4 Å². The van der Waals surface area contributed by atoms with E-state index in [1.807, 2.05) is 6.92 Å². The van der Waals surface area contributed by atoms with Crippen molar-refractivity contribution in [3.63, 3.8) is 0 Å². The number of amides is 2. The second kappa shape index (κ2) is 6.89. The van der Waals surface area contributed by atoms with Gasteiger partial charge < -0.3 is 15.0 Å². The van der Waals surface area contributed by atoms with Gasteiger partial charge in [-0.25, -0.2) is 0 Å². The van der Waals surface area contributed by atoms with Gasteiger partial charge in [-0.1, -0.05) is 13.3 Å². The van der Waals surface area contributed by atoms with E-state index >= 15 is 0 Å². The highest BCUT2D eigenvalue weighted by Crippen LogP contribution is 2.17. The van der Waals surface area contributed by atoms with Gasteiger partial charge in [0, 0.05) is 13.2 Å². The minimum Gasteiger partial charge on any atom is -0.378 e. The molecule has 2 unspecified atom stereocenters. The van der Waals surface area contributed by atoms with Crippen molar-refractivity contribution in [3.8, 4) is 0 Å². The van der Waals surface area contributed by atoms with Gasteiger partial charge in [-0.2, -0.15) is 0 Å². The Labute approximate surface area is 114 Å². The SMILES string of the molecule is CCCC1NC(=O)CN(CCCC2CCCO2)C1=O. The fraction of sp³-hybridized carbons (Fsp3) is 0.857. The van der Waals surface area contributed by atoms with Crippen LogP contribution in [-0.2, 0) is 14.3 Å². The molecule has 2 amide bonds. The van der Waals surface area contributed by atoms with Crippen molar-refractivity contribution in [1.29, 1.82) is 0 Å². The lowest BCUT2D eigenvalue weighted by atomic mass is 10.1. The van der Waals surface area contributed by atoms with Gasteiger partial charge in [-0.05, 0) is 32.1 Å². The number of ether oxygens (including phenoxy) is 1. The molecule has 2 rings (SSSR count). The average Bonchev–Trinajstić information content (AvgIpc) is 2.88. The van der Waals surface area contributed by atoms with E-state index in [2.05, 4.69) is 5.32 Å². The van der Waals surface area contributed by atoms with Crippen LogP contribution < -0.4 is 5.32 Å². The molecule has 0 aromatic carbocycles. The largest absolute Gasteiger partial charge is 0.378 e. The van der Waals surface area contributed by atoms with E-state index in [-0.39, 0.29) is 24.4 Å². The molecule has 5 heteroatoms. The number of nitrogens with zero attached hydrogens (tertiary/aromatic N) is 1. The third kappa shape index (κ3) is 3.93. The van der Waals surface area contributed by atoms with Gasteiger partial charge in [0.1, 0.15) is 6.04 Å². The van der Waals surface area contributed by atoms with Gasteiger partial charge in [0.15, 0.2) is 0 Å². The zero-order valence-electron chi connectivity index (χ0n) is 11.7. The first-order valence-electron chi connectivity index (χ1n) is 7.40. The van der Waals surface area contributed by atoms with Crippen LogP contribution in [0, 0.1) is 0 Å². The summed E-state index contributed by atoms with van der Waals surface area (Å²) < 4.78 is 5.57. The zero-order valence-corrected chi connectivity index (χ0v) is 11.7. The molecule has 2 fully saturated rings. The molecule has 108 valence electrons. The molecule has 2 atom stereocenters. The second-order valence-electron chi connectivity index (χ2n) is 5.45. The van der Waals surface area contributed by atoms with Crippen LogP contribution in [0.4, 0.5) is 0 Å². The molecule has 0 spiro atoms. The summed E-state index contributed by atoms with van der Waals surface area (Å²) in [5, 5.41) is 2.77. The maximum atomic E-state index is 12.2. The lowest BCUT2D eigenvalue weighted by Crippen LogP contribution is -2.58. The Morgan fingerprint density at radius 1 is 1.37 bits per heavy atom. The van der Waals surface area contributed by atoms with Crippen molar-refractivity contribution in [3.05, 3.63) is 0 Å². The molecular formula is C14H24N2O3. The minimum atomic E-state index is -0.311. The summed E-state index contributed by atoms with van der Waals surface area (Å²) in [7, 11) is 0. The molecule has 2 aliphatic heterocycles. The highest BCUT2D eigenvalue weighted by Gasteiger charge is 2.31. The molecule has 1 N–H and O–H groups in total. The highest BCUT2D eigenvalue weighted by atomic mass is 16.5. The van der Waals surface area contributed by atoms with Gasteiger partial charge in [0.25, 0.3) is 0 Å². The quantitative estimate of drug-likeness (QED) is 0.784. The Kier molecular flexibility index (Phi) is 5.19. The topological polar surface area (TPSA) is 58.6 Å². The van der Waals surface area contributed by atoms with Gasteiger partial charge in [-0.15, -0.1) is 0 Å². The van der Waals surface area contributed by atoms with Crippen molar-refractivity contribution in [2.45, 2.75) is 57.6 Å². The summed E-state index contributed by atoms with van der Waals surface area (Å²) in [4.78, 5) is 25.5. The highest BCUT2D eigenvalue weighted by molar-refractivity contribution is 5.94. The van der Waals surface area contributed by atoms with Gasteiger partial charge >= 0.3 is 0 Å². The summed E-state index contributed by atoms with van der Waals surface area (Å²) in [6.07, 6.45) is 6.18. The van der Waals surface area contributed by atoms with Crippen LogP contribution in [0.3, 0.4) is 0 Å². The normalized spacial score (nSPS) is 27.7. The molecule has 0 aromatic heterocycles. The molecule has 2 heterocycles. The zero-order chi connectivity index (χ0) is 13.7. The van der Waals surface area contributed by atoms with Crippen molar-refractivity contribution in [1.82, 2.24) is 10.2 Å². The third-order valence-corrected chi connectivity index (χ3v) is 3.83. The monoisotopic (exact) mass is 268 g/mol. The predicted molar refractivity (Wildman–Crippen MR) is 71.6 cm³/mol. The molecule has 0 radical (unpaired) electrons. The predicted octanol–water partition coefficient (Wildman–Crippen LogP) is 1.07. The lowest BCUT2D eigenvalue weighted by Gasteiger charge is -2.32.